The summed E-state index contributed by atoms with van der Waals surface area (Å²) in [5, 5.41) is 5.39. The molecule has 0 spiro atoms. The van der Waals surface area contributed by atoms with E-state index < -0.39 is 18.7 Å². The van der Waals surface area contributed by atoms with Crippen LogP contribution in [0.5, 0.6) is 5.75 Å². The highest BCUT2D eigenvalue weighted by Crippen LogP contribution is 2.20. The first-order valence-electron chi connectivity index (χ1n) is 8.40. The molecule has 1 atom stereocenters. The minimum atomic E-state index is -4.43. The van der Waals surface area contributed by atoms with Crippen molar-refractivity contribution in [3.63, 3.8) is 0 Å². The Morgan fingerprint density at radius 3 is 2.39 bits per heavy atom. The van der Waals surface area contributed by atoms with Crippen molar-refractivity contribution in [2.45, 2.75) is 33.0 Å². The first-order valence-corrected chi connectivity index (χ1v) is 8.40. The van der Waals surface area contributed by atoms with Gasteiger partial charge in [-0.1, -0.05) is 0 Å². The van der Waals surface area contributed by atoms with E-state index >= 15 is 0 Å². The van der Waals surface area contributed by atoms with Crippen LogP contribution in [-0.2, 0) is 4.79 Å². The fourth-order valence-electron chi connectivity index (χ4n) is 2.42. The van der Waals surface area contributed by atoms with Crippen molar-refractivity contribution in [1.82, 2.24) is 10.3 Å². The minimum absolute atomic E-state index is 0.0200. The molecule has 1 heterocycles. The zero-order valence-electron chi connectivity index (χ0n) is 15.6. The molecule has 2 N–H and O–H groups in total. The number of aromatic nitrogens is 1. The first-order chi connectivity index (χ1) is 13.0. The number of pyridine rings is 1. The standard InChI is InChI=1S/C19H20F3N3O3/c1-11-8-15(9-17(23-11)25-13(3)26)12(2)24-18(27)14-4-6-16(7-5-14)28-10-19(20,21)22/h4-9,12H,10H2,1-3H3,(H,24,27)(H,23,25,26). The fraction of sp³-hybridized carbons (Fsp3) is 0.316. The van der Waals surface area contributed by atoms with Gasteiger partial charge in [0.25, 0.3) is 5.91 Å². The number of rotatable bonds is 6. The van der Waals surface area contributed by atoms with Gasteiger partial charge in [-0.25, -0.2) is 4.98 Å². The maximum atomic E-state index is 12.4. The molecular weight excluding hydrogens is 375 g/mol. The molecule has 0 fully saturated rings. The summed E-state index contributed by atoms with van der Waals surface area (Å²) in [7, 11) is 0. The topological polar surface area (TPSA) is 80.3 Å². The second kappa shape index (κ2) is 8.73. The van der Waals surface area contributed by atoms with E-state index in [0.29, 0.717) is 11.5 Å². The molecule has 1 aromatic heterocycles. The van der Waals surface area contributed by atoms with Crippen LogP contribution in [0.2, 0.25) is 0 Å². The van der Waals surface area contributed by atoms with Gasteiger partial charge < -0.3 is 15.4 Å². The van der Waals surface area contributed by atoms with Crippen molar-refractivity contribution in [3.8, 4) is 5.75 Å². The lowest BCUT2D eigenvalue weighted by Gasteiger charge is -2.16. The predicted octanol–water partition coefficient (Wildman–Crippen LogP) is 3.78. The Morgan fingerprint density at radius 1 is 1.18 bits per heavy atom. The monoisotopic (exact) mass is 395 g/mol. The number of halogens is 3. The molecule has 2 rings (SSSR count). The summed E-state index contributed by atoms with van der Waals surface area (Å²) in [6.07, 6.45) is -4.43. The summed E-state index contributed by atoms with van der Waals surface area (Å²) in [5.74, 6) is -0.250. The second-order valence-electron chi connectivity index (χ2n) is 6.23. The Bertz CT molecular complexity index is 852. The molecule has 1 unspecified atom stereocenters. The molecular formula is C19H20F3N3O3. The number of hydrogen-bond acceptors (Lipinski definition) is 4. The zero-order chi connectivity index (χ0) is 20.9. The van der Waals surface area contributed by atoms with Crippen LogP contribution in [0.15, 0.2) is 36.4 Å². The van der Waals surface area contributed by atoms with Crippen molar-refractivity contribution < 1.29 is 27.5 Å². The van der Waals surface area contributed by atoms with Crippen molar-refractivity contribution in [2.75, 3.05) is 11.9 Å². The lowest BCUT2D eigenvalue weighted by Crippen LogP contribution is -2.27. The largest absolute Gasteiger partial charge is 0.484 e. The van der Waals surface area contributed by atoms with Crippen molar-refractivity contribution in [2.24, 2.45) is 0 Å². The van der Waals surface area contributed by atoms with Crippen LogP contribution in [0.25, 0.3) is 0 Å². The molecule has 2 aromatic rings. The van der Waals surface area contributed by atoms with Crippen LogP contribution < -0.4 is 15.4 Å². The second-order valence-corrected chi connectivity index (χ2v) is 6.23. The normalized spacial score (nSPS) is 12.2. The summed E-state index contributed by atoms with van der Waals surface area (Å²) in [6.45, 7) is 3.51. The minimum Gasteiger partial charge on any atom is -0.484 e. The SMILES string of the molecule is CC(=O)Nc1cc(C(C)NC(=O)c2ccc(OCC(F)(F)F)cc2)cc(C)n1. The van der Waals surface area contributed by atoms with E-state index in [1.807, 2.05) is 0 Å². The van der Waals surface area contributed by atoms with Crippen LogP contribution >= 0.6 is 0 Å². The molecule has 0 bridgehead atoms. The maximum Gasteiger partial charge on any atom is 0.422 e. The number of anilines is 1. The summed E-state index contributed by atoms with van der Waals surface area (Å²) >= 11 is 0. The number of nitrogens with one attached hydrogen (secondary N) is 2. The van der Waals surface area contributed by atoms with Gasteiger partial charge in [-0.05, 0) is 55.8 Å². The van der Waals surface area contributed by atoms with Gasteiger partial charge in [-0.3, -0.25) is 9.59 Å². The highest BCUT2D eigenvalue weighted by Gasteiger charge is 2.28. The van der Waals surface area contributed by atoms with Crippen LogP contribution in [0.3, 0.4) is 0 Å². The van der Waals surface area contributed by atoms with Gasteiger partial charge >= 0.3 is 6.18 Å². The van der Waals surface area contributed by atoms with Gasteiger partial charge in [0.15, 0.2) is 6.61 Å². The van der Waals surface area contributed by atoms with Crippen LogP contribution in [0, 0.1) is 6.92 Å². The number of alkyl halides is 3. The van der Waals surface area contributed by atoms with Gasteiger partial charge in [0.05, 0.1) is 6.04 Å². The summed E-state index contributed by atoms with van der Waals surface area (Å²) in [4.78, 5) is 27.8. The zero-order valence-corrected chi connectivity index (χ0v) is 15.6. The number of ether oxygens (including phenoxy) is 1. The Kier molecular flexibility index (Phi) is 6.61. The molecule has 0 saturated heterocycles. The molecule has 0 aliphatic rings. The van der Waals surface area contributed by atoms with E-state index in [1.165, 1.54) is 31.2 Å². The molecule has 6 nitrogen and oxygen atoms in total. The Hall–Kier alpha value is -3.10. The average molecular weight is 395 g/mol. The third-order valence-electron chi connectivity index (χ3n) is 3.65. The summed E-state index contributed by atoms with van der Waals surface area (Å²) in [5.41, 5.74) is 1.70. The summed E-state index contributed by atoms with van der Waals surface area (Å²) < 4.78 is 41.1. The molecule has 0 radical (unpaired) electrons. The molecule has 9 heteroatoms. The Balaban J connectivity index is 2.04. The van der Waals surface area contributed by atoms with Crippen LogP contribution in [-0.4, -0.2) is 29.6 Å². The highest BCUT2D eigenvalue weighted by atomic mass is 19.4. The number of benzene rings is 1. The number of amides is 2. The van der Waals surface area contributed by atoms with E-state index in [4.69, 9.17) is 0 Å². The van der Waals surface area contributed by atoms with E-state index in [2.05, 4.69) is 20.4 Å². The van der Waals surface area contributed by atoms with Crippen molar-refractivity contribution in [1.29, 1.82) is 0 Å². The lowest BCUT2D eigenvalue weighted by atomic mass is 10.1. The maximum absolute atomic E-state index is 12.4. The Labute approximate surface area is 160 Å². The van der Waals surface area contributed by atoms with Gasteiger partial charge in [0, 0.05) is 18.2 Å². The molecule has 2 amide bonds. The molecule has 0 saturated carbocycles. The number of aryl methyl sites for hydroxylation is 1. The third kappa shape index (κ3) is 6.57. The average Bonchev–Trinajstić information content (AvgIpc) is 2.58. The van der Waals surface area contributed by atoms with Gasteiger partial charge in [-0.15, -0.1) is 0 Å². The Morgan fingerprint density at radius 2 is 1.82 bits per heavy atom. The van der Waals surface area contributed by atoms with E-state index in [-0.39, 0.29) is 23.3 Å². The van der Waals surface area contributed by atoms with Crippen LogP contribution in [0.1, 0.15) is 41.5 Å². The van der Waals surface area contributed by atoms with E-state index in [0.717, 1.165) is 5.56 Å². The summed E-state index contributed by atoms with van der Waals surface area (Å²) in [6, 6.07) is 8.43. The molecule has 0 aliphatic heterocycles. The number of carbonyl (C=O) groups excluding carboxylic acids is 2. The van der Waals surface area contributed by atoms with Crippen molar-refractivity contribution >= 4 is 17.6 Å². The molecule has 1 aromatic carbocycles. The lowest BCUT2D eigenvalue weighted by molar-refractivity contribution is -0.153. The quantitative estimate of drug-likeness (QED) is 0.780. The number of nitrogens with zero attached hydrogens (tertiary/aromatic N) is 1. The highest BCUT2D eigenvalue weighted by molar-refractivity contribution is 5.94. The third-order valence-corrected chi connectivity index (χ3v) is 3.65. The molecule has 28 heavy (non-hydrogen) atoms. The molecule has 0 aliphatic carbocycles. The number of hydrogen-bond donors (Lipinski definition) is 2. The molecule has 150 valence electrons. The van der Waals surface area contributed by atoms with Gasteiger partial charge in [0.1, 0.15) is 11.6 Å². The predicted molar refractivity (Wildman–Crippen MR) is 97.2 cm³/mol. The van der Waals surface area contributed by atoms with Crippen LogP contribution in [0.4, 0.5) is 19.0 Å². The van der Waals surface area contributed by atoms with Crippen molar-refractivity contribution in [3.05, 3.63) is 53.2 Å². The van der Waals surface area contributed by atoms with Gasteiger partial charge in [-0.2, -0.15) is 13.2 Å². The first kappa shape index (κ1) is 21.2. The fourth-order valence-corrected chi connectivity index (χ4v) is 2.42. The smallest absolute Gasteiger partial charge is 0.422 e. The van der Waals surface area contributed by atoms with E-state index in [1.54, 1.807) is 26.0 Å². The van der Waals surface area contributed by atoms with Gasteiger partial charge in [0.2, 0.25) is 5.91 Å². The number of carbonyl (C=O) groups is 2. The van der Waals surface area contributed by atoms with E-state index in [9.17, 15) is 22.8 Å².